The smallest absolute Gasteiger partial charge is 0.251 e. The van der Waals surface area contributed by atoms with Crippen LogP contribution in [0, 0.1) is 5.82 Å². The topological polar surface area (TPSA) is 67.4 Å². The van der Waals surface area contributed by atoms with Gasteiger partial charge < -0.3 is 15.4 Å². The molecule has 0 bridgehead atoms. The first-order chi connectivity index (χ1) is 21.5. The molecule has 4 rings (SSSR count). The zero-order valence-corrected chi connectivity index (χ0v) is 27.4. The van der Waals surface area contributed by atoms with Gasteiger partial charge in [-0.25, -0.2) is 4.39 Å². The van der Waals surface area contributed by atoms with Gasteiger partial charge in [-0.1, -0.05) is 60.2 Å². The Morgan fingerprint density at radius 1 is 1.00 bits per heavy atom. The predicted octanol–water partition coefficient (Wildman–Crippen LogP) is 8.29. The van der Waals surface area contributed by atoms with Crippen molar-refractivity contribution in [3.8, 4) is 0 Å². The second-order valence-electron chi connectivity index (χ2n) is 12.2. The van der Waals surface area contributed by atoms with Gasteiger partial charge in [-0.3, -0.25) is 9.59 Å². The monoisotopic (exact) mass is 608 g/mol. The summed E-state index contributed by atoms with van der Waals surface area (Å²) >= 11 is 0. The Hall–Kier alpha value is -4.29. The largest absolute Gasteiger partial charge is 0.384 e. The van der Waals surface area contributed by atoms with Crippen molar-refractivity contribution in [1.29, 1.82) is 0 Å². The fraction of sp³-hybridized carbons (Fsp3) is 0.333. The van der Waals surface area contributed by atoms with Crippen LogP contribution in [0.2, 0.25) is 0 Å². The predicted molar refractivity (Wildman–Crippen MR) is 181 cm³/mol. The Balaban J connectivity index is 1.84. The number of likely N-dealkylation sites (N-methyl/N-ethyl adjacent to an activating group) is 1. The average molecular weight is 609 g/mol. The van der Waals surface area contributed by atoms with Crippen molar-refractivity contribution in [2.75, 3.05) is 20.8 Å². The highest BCUT2D eigenvalue weighted by molar-refractivity contribution is 6.02. The average Bonchev–Trinajstić information content (AvgIpc) is 3.82. The van der Waals surface area contributed by atoms with E-state index in [1.165, 1.54) is 12.1 Å². The minimum atomic E-state index is -0.453. The SMILES string of the molecule is C=C1CCC(C(C)=CC=C(C)C)=C(C(=O)NC)C1=CC(=C(C)CCOC)c1cc(C(=O)NC2(c3ccccc3)CC2)ccc1F. The van der Waals surface area contributed by atoms with Gasteiger partial charge in [0.1, 0.15) is 5.82 Å². The number of allylic oxidation sites excluding steroid dienone is 8. The molecule has 0 spiro atoms. The summed E-state index contributed by atoms with van der Waals surface area (Å²) in [7, 11) is 3.24. The lowest BCUT2D eigenvalue weighted by Gasteiger charge is -2.26. The Bertz CT molecular complexity index is 1630. The van der Waals surface area contributed by atoms with E-state index in [1.54, 1.807) is 20.2 Å². The Morgan fingerprint density at radius 2 is 1.71 bits per heavy atom. The molecule has 236 valence electrons. The molecule has 45 heavy (non-hydrogen) atoms. The van der Waals surface area contributed by atoms with E-state index in [-0.39, 0.29) is 11.8 Å². The molecule has 0 aromatic heterocycles. The highest BCUT2D eigenvalue weighted by atomic mass is 19.1. The van der Waals surface area contributed by atoms with Gasteiger partial charge in [-0.15, -0.1) is 0 Å². The molecule has 2 aromatic rings. The van der Waals surface area contributed by atoms with Crippen LogP contribution in [0.15, 0.2) is 112 Å². The summed E-state index contributed by atoms with van der Waals surface area (Å²) in [5.41, 5.74) is 7.89. The third kappa shape index (κ3) is 7.87. The first kappa shape index (κ1) is 33.6. The van der Waals surface area contributed by atoms with Crippen molar-refractivity contribution < 1.29 is 18.7 Å². The van der Waals surface area contributed by atoms with Crippen molar-refractivity contribution in [3.05, 3.63) is 135 Å². The number of halogens is 1. The molecule has 6 heteroatoms. The highest BCUT2D eigenvalue weighted by Crippen LogP contribution is 2.45. The number of hydrogen-bond acceptors (Lipinski definition) is 3. The first-order valence-corrected chi connectivity index (χ1v) is 15.6. The van der Waals surface area contributed by atoms with E-state index in [1.807, 2.05) is 76.3 Å². The molecule has 2 aliphatic carbocycles. The lowest BCUT2D eigenvalue weighted by Crippen LogP contribution is -2.34. The second kappa shape index (κ2) is 14.7. The van der Waals surface area contributed by atoms with Crippen LogP contribution in [0.1, 0.15) is 81.3 Å². The number of carbonyl (C=O) groups is 2. The number of hydrogen-bond donors (Lipinski definition) is 2. The van der Waals surface area contributed by atoms with E-state index >= 15 is 4.39 Å². The van der Waals surface area contributed by atoms with Gasteiger partial charge in [0.2, 0.25) is 0 Å². The van der Waals surface area contributed by atoms with Crippen LogP contribution in [0.25, 0.3) is 5.57 Å². The molecule has 2 aromatic carbocycles. The van der Waals surface area contributed by atoms with Crippen LogP contribution in [0.5, 0.6) is 0 Å². The molecule has 1 saturated carbocycles. The van der Waals surface area contributed by atoms with E-state index in [0.717, 1.165) is 46.3 Å². The molecule has 2 aliphatic rings. The summed E-state index contributed by atoms with van der Waals surface area (Å²) in [4.78, 5) is 27.0. The number of ether oxygens (including phenoxy) is 1. The lowest BCUT2D eigenvalue weighted by molar-refractivity contribution is -0.116. The summed E-state index contributed by atoms with van der Waals surface area (Å²) < 4.78 is 21.1. The van der Waals surface area contributed by atoms with Crippen LogP contribution >= 0.6 is 0 Å². The lowest BCUT2D eigenvalue weighted by atomic mass is 9.79. The van der Waals surface area contributed by atoms with Gasteiger partial charge in [-0.05, 0) is 118 Å². The summed E-state index contributed by atoms with van der Waals surface area (Å²) in [6, 6.07) is 14.4. The molecule has 0 radical (unpaired) electrons. The van der Waals surface area contributed by atoms with E-state index in [9.17, 15) is 9.59 Å². The third-order valence-corrected chi connectivity index (χ3v) is 8.60. The van der Waals surface area contributed by atoms with Crippen LogP contribution in [-0.2, 0) is 15.1 Å². The van der Waals surface area contributed by atoms with Crippen molar-refractivity contribution in [3.63, 3.8) is 0 Å². The van der Waals surface area contributed by atoms with E-state index in [0.29, 0.717) is 53.7 Å². The highest BCUT2D eigenvalue weighted by Gasteiger charge is 2.45. The molecular weight excluding hydrogens is 563 g/mol. The third-order valence-electron chi connectivity index (χ3n) is 8.60. The summed E-state index contributed by atoms with van der Waals surface area (Å²) in [5, 5.41) is 6.01. The Morgan fingerprint density at radius 3 is 2.33 bits per heavy atom. The van der Waals surface area contributed by atoms with Crippen LogP contribution in [0.3, 0.4) is 0 Å². The number of nitrogens with one attached hydrogen (secondary N) is 2. The van der Waals surface area contributed by atoms with Crippen molar-refractivity contribution in [2.45, 2.75) is 65.3 Å². The van der Waals surface area contributed by atoms with E-state index in [4.69, 9.17) is 4.74 Å². The van der Waals surface area contributed by atoms with Gasteiger partial charge in [0.15, 0.2) is 0 Å². The minimum absolute atomic E-state index is 0.222. The number of rotatable bonds is 11. The fourth-order valence-corrected chi connectivity index (χ4v) is 5.72. The number of benzene rings is 2. The zero-order chi connectivity index (χ0) is 32.7. The van der Waals surface area contributed by atoms with Crippen molar-refractivity contribution >= 4 is 17.4 Å². The van der Waals surface area contributed by atoms with Crippen molar-refractivity contribution in [1.82, 2.24) is 10.6 Å². The van der Waals surface area contributed by atoms with Crippen LogP contribution < -0.4 is 10.6 Å². The standard InChI is InChI=1S/C39H45FN2O3/c1-25(2)13-14-26(3)31-17-15-27(4)33(36(31)38(44)41-6)24-32(28(5)19-22-45-7)34-23-29(16-18-35(34)40)37(43)42-39(20-21-39)30-11-9-8-10-12-30/h8-14,16,18,23-24H,4,15,17,19-22H2,1-3,5-7H3,(H,41,44)(H,42,43). The van der Waals surface area contributed by atoms with E-state index in [2.05, 4.69) is 17.2 Å². The maximum atomic E-state index is 15.8. The molecule has 2 N–H and O–H groups in total. The van der Waals surface area contributed by atoms with Gasteiger partial charge in [0, 0.05) is 31.9 Å². The van der Waals surface area contributed by atoms with Gasteiger partial charge in [0.05, 0.1) is 11.1 Å². The summed E-state index contributed by atoms with van der Waals surface area (Å²) in [6.07, 6.45) is 9.52. The van der Waals surface area contributed by atoms with Gasteiger partial charge >= 0.3 is 0 Å². The number of carbonyl (C=O) groups excluding carboxylic acids is 2. The maximum Gasteiger partial charge on any atom is 0.251 e. The van der Waals surface area contributed by atoms with Crippen LogP contribution in [-0.4, -0.2) is 32.6 Å². The molecule has 0 heterocycles. The number of methoxy groups -OCH3 is 1. The molecule has 1 fully saturated rings. The Kier molecular flexibility index (Phi) is 10.9. The van der Waals surface area contributed by atoms with E-state index < -0.39 is 11.4 Å². The molecule has 0 aliphatic heterocycles. The fourth-order valence-electron chi connectivity index (χ4n) is 5.72. The molecule has 0 saturated heterocycles. The summed E-state index contributed by atoms with van der Waals surface area (Å²) in [5.74, 6) is -0.930. The first-order valence-electron chi connectivity index (χ1n) is 15.6. The maximum absolute atomic E-state index is 15.8. The molecule has 5 nitrogen and oxygen atoms in total. The van der Waals surface area contributed by atoms with Crippen molar-refractivity contribution in [2.24, 2.45) is 0 Å². The molecular formula is C39H45FN2O3. The van der Waals surface area contributed by atoms with Gasteiger partial charge in [0.25, 0.3) is 11.8 Å². The second-order valence-corrected chi connectivity index (χ2v) is 12.2. The molecule has 0 atom stereocenters. The molecule has 2 amide bonds. The quantitative estimate of drug-likeness (QED) is 0.252. The molecule has 0 unspecified atom stereocenters. The number of amides is 2. The van der Waals surface area contributed by atoms with Gasteiger partial charge in [-0.2, -0.15) is 0 Å². The Labute approximate surface area is 267 Å². The summed E-state index contributed by atoms with van der Waals surface area (Å²) in [6.45, 7) is 12.8. The normalized spacial score (nSPS) is 17.5. The van der Waals surface area contributed by atoms with Crippen LogP contribution in [0.4, 0.5) is 4.39 Å². The zero-order valence-electron chi connectivity index (χ0n) is 27.4. The minimum Gasteiger partial charge on any atom is -0.384 e.